The van der Waals surface area contributed by atoms with Crippen LogP contribution >= 0.6 is 0 Å². The van der Waals surface area contributed by atoms with Crippen molar-refractivity contribution in [3.8, 4) is 0 Å². The Labute approximate surface area is 125 Å². The lowest BCUT2D eigenvalue weighted by Crippen LogP contribution is -2.22. The van der Waals surface area contributed by atoms with Crippen molar-refractivity contribution in [2.75, 3.05) is 11.4 Å². The molecule has 0 unspecified atom stereocenters. The molecule has 2 rings (SSSR count). The van der Waals surface area contributed by atoms with Crippen LogP contribution in [0, 0.1) is 5.82 Å². The normalized spacial score (nSPS) is 11.1. The Morgan fingerprint density at radius 1 is 1.24 bits per heavy atom. The number of nitrogens with zero attached hydrogens (tertiary/aromatic N) is 1. The van der Waals surface area contributed by atoms with Crippen molar-refractivity contribution in [3.05, 3.63) is 53.7 Å². The minimum Gasteiger partial charge on any atom is -0.467 e. The molecule has 0 aliphatic carbocycles. The summed E-state index contributed by atoms with van der Waals surface area (Å²) in [6, 6.07) is 9.08. The summed E-state index contributed by atoms with van der Waals surface area (Å²) in [5.74, 6) is 0.705. The third kappa shape index (κ3) is 4.60. The van der Waals surface area contributed by atoms with Gasteiger partial charge in [0.15, 0.2) is 0 Å². The van der Waals surface area contributed by atoms with Gasteiger partial charge in [-0.25, -0.2) is 4.39 Å². The summed E-state index contributed by atoms with van der Waals surface area (Å²) in [6.45, 7) is 8.65. The summed E-state index contributed by atoms with van der Waals surface area (Å²) in [5, 5.41) is 3.37. The number of hydrogen-bond acceptors (Lipinski definition) is 3. The first-order valence-electron chi connectivity index (χ1n) is 7.38. The second kappa shape index (κ2) is 7.27. The minimum absolute atomic E-state index is 0.213. The third-order valence-electron chi connectivity index (χ3n) is 3.34. The van der Waals surface area contributed by atoms with Gasteiger partial charge in [-0.1, -0.05) is 13.8 Å². The highest BCUT2D eigenvalue weighted by atomic mass is 19.1. The summed E-state index contributed by atoms with van der Waals surface area (Å²) < 4.78 is 18.6. The molecule has 0 spiro atoms. The molecule has 1 aromatic heterocycles. The van der Waals surface area contributed by atoms with Crippen LogP contribution in [0.25, 0.3) is 0 Å². The fraction of sp³-hybridized carbons (Fsp3) is 0.412. The molecule has 3 nitrogen and oxygen atoms in total. The van der Waals surface area contributed by atoms with Crippen molar-refractivity contribution < 1.29 is 8.81 Å². The van der Waals surface area contributed by atoms with E-state index in [1.807, 2.05) is 0 Å². The first kappa shape index (κ1) is 15.6. The molecule has 21 heavy (non-hydrogen) atoms. The molecule has 1 N–H and O–H groups in total. The van der Waals surface area contributed by atoms with Gasteiger partial charge >= 0.3 is 0 Å². The predicted octanol–water partition coefficient (Wildman–Crippen LogP) is 3.94. The van der Waals surface area contributed by atoms with E-state index >= 15 is 0 Å². The zero-order chi connectivity index (χ0) is 15.2. The first-order valence-corrected chi connectivity index (χ1v) is 7.38. The lowest BCUT2D eigenvalue weighted by molar-refractivity contribution is 0.499. The van der Waals surface area contributed by atoms with E-state index in [1.54, 1.807) is 18.4 Å². The Morgan fingerprint density at radius 2 is 1.95 bits per heavy atom. The van der Waals surface area contributed by atoms with Gasteiger partial charge in [-0.15, -0.1) is 0 Å². The molecule has 2 aromatic rings. The molecule has 1 aromatic carbocycles. The number of benzene rings is 1. The van der Waals surface area contributed by atoms with E-state index < -0.39 is 0 Å². The molecule has 114 valence electrons. The average molecular weight is 290 g/mol. The van der Waals surface area contributed by atoms with Gasteiger partial charge in [0, 0.05) is 30.4 Å². The number of halogens is 1. The van der Waals surface area contributed by atoms with Gasteiger partial charge in [0.2, 0.25) is 0 Å². The van der Waals surface area contributed by atoms with Crippen LogP contribution in [-0.2, 0) is 13.1 Å². The monoisotopic (exact) mass is 290 g/mol. The molecule has 0 radical (unpaired) electrons. The Kier molecular flexibility index (Phi) is 5.39. The van der Waals surface area contributed by atoms with Crippen LogP contribution in [0.3, 0.4) is 0 Å². The Balaban J connectivity index is 2.00. The Bertz CT molecular complexity index is 548. The SMILES string of the molecule is CCN(Cc1cc(CNC(C)C)co1)c1ccc(F)cc1. The standard InChI is InChI=1S/C17H23FN2O/c1-4-20(16-7-5-15(18)6-8-16)11-17-9-14(12-21-17)10-19-13(2)3/h5-9,12-13,19H,4,10-11H2,1-3H3. The van der Waals surface area contributed by atoms with Gasteiger partial charge in [0.05, 0.1) is 12.8 Å². The van der Waals surface area contributed by atoms with Gasteiger partial charge in [-0.2, -0.15) is 0 Å². The number of rotatable bonds is 7. The molecule has 0 aliphatic heterocycles. The lowest BCUT2D eigenvalue weighted by Gasteiger charge is -2.21. The molecular formula is C17H23FN2O. The van der Waals surface area contributed by atoms with Crippen LogP contribution in [-0.4, -0.2) is 12.6 Å². The Hall–Kier alpha value is -1.81. The maximum absolute atomic E-state index is 13.0. The highest BCUT2D eigenvalue weighted by molar-refractivity contribution is 5.46. The van der Waals surface area contributed by atoms with E-state index in [0.717, 1.165) is 30.1 Å². The van der Waals surface area contributed by atoms with Crippen molar-refractivity contribution in [2.45, 2.75) is 39.9 Å². The molecule has 0 bridgehead atoms. The molecule has 0 amide bonds. The largest absolute Gasteiger partial charge is 0.467 e. The van der Waals surface area contributed by atoms with Gasteiger partial charge in [0.25, 0.3) is 0 Å². The quantitative estimate of drug-likeness (QED) is 0.837. The van der Waals surface area contributed by atoms with Gasteiger partial charge in [-0.05, 0) is 37.3 Å². The van der Waals surface area contributed by atoms with Crippen LogP contribution in [0.5, 0.6) is 0 Å². The van der Waals surface area contributed by atoms with Crippen LogP contribution in [0.2, 0.25) is 0 Å². The summed E-state index contributed by atoms with van der Waals surface area (Å²) in [4.78, 5) is 2.15. The van der Waals surface area contributed by atoms with Crippen molar-refractivity contribution in [2.24, 2.45) is 0 Å². The summed E-state index contributed by atoms with van der Waals surface area (Å²) in [7, 11) is 0. The van der Waals surface area contributed by atoms with E-state index in [9.17, 15) is 4.39 Å². The van der Waals surface area contributed by atoms with Crippen molar-refractivity contribution >= 4 is 5.69 Å². The maximum Gasteiger partial charge on any atom is 0.123 e. The molecule has 0 aliphatic rings. The fourth-order valence-corrected chi connectivity index (χ4v) is 2.15. The minimum atomic E-state index is -0.213. The van der Waals surface area contributed by atoms with Crippen molar-refractivity contribution in [1.82, 2.24) is 5.32 Å². The second-order valence-corrected chi connectivity index (χ2v) is 5.45. The molecule has 1 heterocycles. The van der Waals surface area contributed by atoms with Crippen LogP contribution in [0.4, 0.5) is 10.1 Å². The number of anilines is 1. The van der Waals surface area contributed by atoms with E-state index in [2.05, 4.69) is 37.1 Å². The topological polar surface area (TPSA) is 28.4 Å². The maximum atomic E-state index is 13.0. The third-order valence-corrected chi connectivity index (χ3v) is 3.34. The summed E-state index contributed by atoms with van der Waals surface area (Å²) in [5.41, 5.74) is 2.14. The Morgan fingerprint density at radius 3 is 2.57 bits per heavy atom. The molecule has 0 fully saturated rings. The zero-order valence-electron chi connectivity index (χ0n) is 12.9. The van der Waals surface area contributed by atoms with E-state index in [4.69, 9.17) is 4.42 Å². The second-order valence-electron chi connectivity index (χ2n) is 5.45. The van der Waals surface area contributed by atoms with Crippen molar-refractivity contribution in [1.29, 1.82) is 0 Å². The summed E-state index contributed by atoms with van der Waals surface area (Å²) >= 11 is 0. The van der Waals surface area contributed by atoms with Crippen LogP contribution in [0.15, 0.2) is 41.0 Å². The number of furan rings is 1. The molecule has 0 saturated heterocycles. The summed E-state index contributed by atoms with van der Waals surface area (Å²) in [6.07, 6.45) is 1.79. The van der Waals surface area contributed by atoms with E-state index in [-0.39, 0.29) is 5.82 Å². The van der Waals surface area contributed by atoms with Crippen molar-refractivity contribution in [3.63, 3.8) is 0 Å². The predicted molar refractivity (Wildman–Crippen MR) is 83.8 cm³/mol. The number of hydrogen-bond donors (Lipinski definition) is 1. The van der Waals surface area contributed by atoms with Gasteiger partial charge in [0.1, 0.15) is 11.6 Å². The lowest BCUT2D eigenvalue weighted by atomic mass is 10.2. The fourth-order valence-electron chi connectivity index (χ4n) is 2.15. The molecule has 4 heteroatoms. The highest BCUT2D eigenvalue weighted by Gasteiger charge is 2.09. The van der Waals surface area contributed by atoms with Gasteiger partial charge in [-0.3, -0.25) is 0 Å². The zero-order valence-corrected chi connectivity index (χ0v) is 12.9. The average Bonchev–Trinajstić information content (AvgIpc) is 2.91. The van der Waals surface area contributed by atoms with Gasteiger partial charge < -0.3 is 14.6 Å². The highest BCUT2D eigenvalue weighted by Crippen LogP contribution is 2.19. The van der Waals surface area contributed by atoms with E-state index in [1.165, 1.54) is 12.1 Å². The molecule has 0 saturated carbocycles. The first-order chi connectivity index (χ1) is 10.1. The number of nitrogens with one attached hydrogen (secondary N) is 1. The smallest absolute Gasteiger partial charge is 0.123 e. The molecule has 0 atom stereocenters. The van der Waals surface area contributed by atoms with Crippen LogP contribution < -0.4 is 10.2 Å². The van der Waals surface area contributed by atoms with Crippen LogP contribution in [0.1, 0.15) is 32.1 Å². The van der Waals surface area contributed by atoms with E-state index in [0.29, 0.717) is 12.6 Å². The molecular weight excluding hydrogens is 267 g/mol.